The van der Waals surface area contributed by atoms with Crippen molar-refractivity contribution in [1.29, 1.82) is 0 Å². The highest BCUT2D eigenvalue weighted by Gasteiger charge is 2.27. The molecule has 0 spiro atoms. The smallest absolute Gasteiger partial charge is 0.341 e. The molecule has 1 aliphatic carbocycles. The van der Waals surface area contributed by atoms with Crippen LogP contribution in [0, 0.1) is 0 Å². The fourth-order valence-electron chi connectivity index (χ4n) is 3.90. The van der Waals surface area contributed by atoms with Crippen LogP contribution >= 0.6 is 22.9 Å². The Hall–Kier alpha value is -2.19. The van der Waals surface area contributed by atoms with Crippen molar-refractivity contribution in [1.82, 2.24) is 9.97 Å². The number of aryl methyl sites for hydroxylation is 1. The summed E-state index contributed by atoms with van der Waals surface area (Å²) >= 11 is 7.67. The molecule has 2 aromatic heterocycles. The second-order valence-corrected chi connectivity index (χ2v) is 8.79. The number of hydrogen-bond donors (Lipinski definition) is 1. The SMILES string of the molecule is COC(=O)c1c(NC(=O)c2nc(N3CCCC3)ncc2Cl)sc2c1CCCCC2. The van der Waals surface area contributed by atoms with E-state index in [9.17, 15) is 9.59 Å². The highest BCUT2D eigenvalue weighted by atomic mass is 35.5. The fraction of sp³-hybridized carbons (Fsp3) is 0.500. The lowest BCUT2D eigenvalue weighted by Crippen LogP contribution is -2.23. The minimum atomic E-state index is -0.445. The van der Waals surface area contributed by atoms with Gasteiger partial charge in [0.25, 0.3) is 5.91 Å². The zero-order valence-corrected chi connectivity index (χ0v) is 17.9. The molecule has 7 nitrogen and oxygen atoms in total. The molecule has 4 rings (SSSR count). The zero-order valence-electron chi connectivity index (χ0n) is 16.3. The van der Waals surface area contributed by atoms with E-state index in [0.29, 0.717) is 16.5 Å². The summed E-state index contributed by atoms with van der Waals surface area (Å²) in [6.07, 6.45) is 8.60. The van der Waals surface area contributed by atoms with Gasteiger partial charge in [0.15, 0.2) is 5.69 Å². The molecule has 1 saturated heterocycles. The molecule has 0 bridgehead atoms. The number of carbonyl (C=O) groups excluding carboxylic acids is 2. The Morgan fingerprint density at radius 3 is 2.69 bits per heavy atom. The number of aromatic nitrogens is 2. The molecule has 1 aliphatic heterocycles. The molecule has 0 radical (unpaired) electrons. The fourth-order valence-corrected chi connectivity index (χ4v) is 5.35. The van der Waals surface area contributed by atoms with Crippen molar-refractivity contribution in [3.63, 3.8) is 0 Å². The predicted molar refractivity (Wildman–Crippen MR) is 113 cm³/mol. The summed E-state index contributed by atoms with van der Waals surface area (Å²) in [5.41, 5.74) is 1.58. The molecule has 9 heteroatoms. The summed E-state index contributed by atoms with van der Waals surface area (Å²) in [5, 5.41) is 3.55. The quantitative estimate of drug-likeness (QED) is 0.576. The Morgan fingerprint density at radius 2 is 1.93 bits per heavy atom. The van der Waals surface area contributed by atoms with Gasteiger partial charge >= 0.3 is 5.97 Å². The van der Waals surface area contributed by atoms with Crippen LogP contribution in [0.25, 0.3) is 0 Å². The van der Waals surface area contributed by atoms with Crippen LogP contribution in [0.1, 0.15) is 63.4 Å². The average molecular weight is 435 g/mol. The van der Waals surface area contributed by atoms with Gasteiger partial charge in [0.2, 0.25) is 5.95 Å². The van der Waals surface area contributed by atoms with E-state index in [2.05, 4.69) is 15.3 Å². The minimum absolute atomic E-state index is 0.114. The number of rotatable bonds is 4. The van der Waals surface area contributed by atoms with E-state index in [1.54, 1.807) is 0 Å². The van der Waals surface area contributed by atoms with Gasteiger partial charge in [-0.2, -0.15) is 0 Å². The Morgan fingerprint density at radius 1 is 1.17 bits per heavy atom. The van der Waals surface area contributed by atoms with Crippen molar-refractivity contribution in [2.45, 2.75) is 44.9 Å². The number of halogens is 1. The van der Waals surface area contributed by atoms with E-state index < -0.39 is 11.9 Å². The molecule has 2 aliphatic rings. The summed E-state index contributed by atoms with van der Waals surface area (Å²) in [6, 6.07) is 0. The predicted octanol–water partition coefficient (Wildman–Crippen LogP) is 4.10. The van der Waals surface area contributed by atoms with Crippen molar-refractivity contribution in [2.75, 3.05) is 30.4 Å². The number of nitrogens with zero attached hydrogens (tertiary/aromatic N) is 3. The van der Waals surface area contributed by atoms with Crippen molar-refractivity contribution in [3.05, 3.63) is 32.9 Å². The molecular formula is C20H23ClN4O3S. The van der Waals surface area contributed by atoms with Crippen molar-refractivity contribution in [3.8, 4) is 0 Å². The first-order valence-corrected chi connectivity index (χ1v) is 11.1. The van der Waals surface area contributed by atoms with Crippen LogP contribution in [0.5, 0.6) is 0 Å². The van der Waals surface area contributed by atoms with E-state index in [1.165, 1.54) is 24.6 Å². The van der Waals surface area contributed by atoms with Crippen LogP contribution in [0.15, 0.2) is 6.20 Å². The maximum absolute atomic E-state index is 13.0. The van der Waals surface area contributed by atoms with Crippen LogP contribution in [-0.4, -0.2) is 42.0 Å². The summed E-state index contributed by atoms with van der Waals surface area (Å²) in [6.45, 7) is 1.74. The number of carbonyl (C=O) groups is 2. The monoisotopic (exact) mass is 434 g/mol. The first-order valence-electron chi connectivity index (χ1n) is 9.90. The van der Waals surface area contributed by atoms with Crippen molar-refractivity contribution in [2.24, 2.45) is 0 Å². The minimum Gasteiger partial charge on any atom is -0.465 e. The van der Waals surface area contributed by atoms with E-state index in [-0.39, 0.29) is 10.7 Å². The van der Waals surface area contributed by atoms with Gasteiger partial charge < -0.3 is 15.0 Å². The number of amides is 1. The van der Waals surface area contributed by atoms with Gasteiger partial charge in [-0.1, -0.05) is 18.0 Å². The third-order valence-corrected chi connectivity index (χ3v) is 6.86. The first kappa shape index (κ1) is 20.1. The van der Waals surface area contributed by atoms with Gasteiger partial charge in [0.1, 0.15) is 5.00 Å². The highest BCUT2D eigenvalue weighted by Crippen LogP contribution is 2.38. The summed E-state index contributed by atoms with van der Waals surface area (Å²) in [7, 11) is 1.36. The Bertz CT molecular complexity index is 940. The number of ether oxygens (including phenoxy) is 1. The number of hydrogen-bond acceptors (Lipinski definition) is 7. The normalized spacial score (nSPS) is 16.3. The number of thiophene rings is 1. The van der Waals surface area contributed by atoms with E-state index in [1.807, 2.05) is 4.90 Å². The van der Waals surface area contributed by atoms with Gasteiger partial charge in [-0.3, -0.25) is 4.79 Å². The molecule has 0 saturated carbocycles. The number of esters is 1. The van der Waals surface area contributed by atoms with Gasteiger partial charge in [-0.15, -0.1) is 11.3 Å². The molecule has 0 aromatic carbocycles. The van der Waals surface area contributed by atoms with Crippen LogP contribution < -0.4 is 10.2 Å². The lowest BCUT2D eigenvalue weighted by Gasteiger charge is -2.16. The second kappa shape index (κ2) is 8.67. The molecule has 1 fully saturated rings. The average Bonchev–Trinajstić information content (AvgIpc) is 3.31. The Balaban J connectivity index is 1.65. The standard InChI is InChI=1S/C20H23ClN4O3S/c1-28-19(27)15-12-7-3-2-4-8-14(12)29-18(15)24-17(26)16-13(21)11-22-20(23-16)25-9-5-6-10-25/h11H,2-10H2,1H3,(H,24,26). The zero-order chi connectivity index (χ0) is 20.4. The van der Waals surface area contributed by atoms with Crippen molar-refractivity contribution >= 4 is 45.8 Å². The van der Waals surface area contributed by atoms with Gasteiger partial charge in [-0.05, 0) is 44.1 Å². The molecule has 3 heterocycles. The molecule has 2 aromatic rings. The number of methoxy groups -OCH3 is 1. The van der Waals surface area contributed by atoms with Crippen LogP contribution in [0.2, 0.25) is 5.02 Å². The van der Waals surface area contributed by atoms with E-state index in [4.69, 9.17) is 16.3 Å². The molecule has 0 atom stereocenters. The van der Waals surface area contributed by atoms with Gasteiger partial charge in [0.05, 0.1) is 23.9 Å². The number of fused-ring (bicyclic) bond motifs is 1. The van der Waals surface area contributed by atoms with Crippen LogP contribution in [0.3, 0.4) is 0 Å². The molecule has 1 amide bonds. The summed E-state index contributed by atoms with van der Waals surface area (Å²) < 4.78 is 5.00. The molecule has 29 heavy (non-hydrogen) atoms. The van der Waals surface area contributed by atoms with Gasteiger partial charge in [-0.25, -0.2) is 14.8 Å². The lowest BCUT2D eigenvalue weighted by atomic mass is 10.1. The van der Waals surface area contributed by atoms with Crippen molar-refractivity contribution < 1.29 is 14.3 Å². The summed E-state index contributed by atoms with van der Waals surface area (Å²) in [4.78, 5) is 37.3. The highest BCUT2D eigenvalue weighted by molar-refractivity contribution is 7.17. The molecule has 0 unspecified atom stereocenters. The molecule has 154 valence electrons. The Labute approximate surface area is 178 Å². The third-order valence-electron chi connectivity index (χ3n) is 5.37. The lowest BCUT2D eigenvalue weighted by molar-refractivity contribution is 0.0601. The summed E-state index contributed by atoms with van der Waals surface area (Å²) in [5.74, 6) is -0.363. The van der Waals surface area contributed by atoms with E-state index in [0.717, 1.165) is 68.5 Å². The maximum Gasteiger partial charge on any atom is 0.341 e. The largest absolute Gasteiger partial charge is 0.465 e. The van der Waals surface area contributed by atoms with Crippen LogP contribution in [0.4, 0.5) is 10.9 Å². The number of nitrogens with one attached hydrogen (secondary N) is 1. The molecule has 1 N–H and O–H groups in total. The second-order valence-electron chi connectivity index (χ2n) is 7.27. The first-order chi connectivity index (χ1) is 14.1. The van der Waals surface area contributed by atoms with Crippen LogP contribution in [-0.2, 0) is 17.6 Å². The van der Waals surface area contributed by atoms with Gasteiger partial charge in [0, 0.05) is 18.0 Å². The maximum atomic E-state index is 13.0. The topological polar surface area (TPSA) is 84.4 Å². The van der Waals surface area contributed by atoms with E-state index >= 15 is 0 Å². The molecular weight excluding hydrogens is 412 g/mol. The third kappa shape index (κ3) is 4.09. The Kier molecular flexibility index (Phi) is 6.01. The number of anilines is 2.